The third kappa shape index (κ3) is 3.25. The fourth-order valence-corrected chi connectivity index (χ4v) is 2.21. The van der Waals surface area contributed by atoms with Crippen molar-refractivity contribution < 1.29 is 0 Å². The molecule has 2 rings (SSSR count). The maximum absolute atomic E-state index is 9.24. The highest BCUT2D eigenvalue weighted by Gasteiger charge is 2.06. The number of nitrogens with zero attached hydrogens (tertiary/aromatic N) is 3. The standard InChI is InChI=1S/C16H20N4/c1-3-20(4-2)10-9-18-16-14(12-17)11-13-7-5-6-8-15(13)19-16/h5-8,11H,3-4,9-10H2,1-2H3,(H,18,19). The number of likely N-dealkylation sites (N-methyl/N-ethyl adjacent to an activating group) is 1. The first-order valence-electron chi connectivity index (χ1n) is 7.04. The lowest BCUT2D eigenvalue weighted by molar-refractivity contribution is 0.316. The van der Waals surface area contributed by atoms with Crippen LogP contribution in [0.2, 0.25) is 0 Å². The predicted octanol–water partition coefficient (Wildman–Crippen LogP) is 2.86. The highest BCUT2D eigenvalue weighted by molar-refractivity contribution is 5.82. The van der Waals surface area contributed by atoms with Gasteiger partial charge in [0.2, 0.25) is 0 Å². The van der Waals surface area contributed by atoms with Crippen LogP contribution in [0.3, 0.4) is 0 Å². The first-order valence-corrected chi connectivity index (χ1v) is 7.04. The van der Waals surface area contributed by atoms with E-state index in [1.807, 2.05) is 30.3 Å². The Morgan fingerprint density at radius 2 is 2.00 bits per heavy atom. The van der Waals surface area contributed by atoms with Crippen LogP contribution < -0.4 is 5.32 Å². The molecule has 0 saturated heterocycles. The van der Waals surface area contributed by atoms with Gasteiger partial charge in [0.15, 0.2) is 0 Å². The largest absolute Gasteiger partial charge is 0.368 e. The van der Waals surface area contributed by atoms with E-state index < -0.39 is 0 Å². The number of rotatable bonds is 6. The fourth-order valence-electron chi connectivity index (χ4n) is 2.21. The summed E-state index contributed by atoms with van der Waals surface area (Å²) in [6.45, 7) is 8.12. The van der Waals surface area contributed by atoms with Gasteiger partial charge in [0.05, 0.1) is 11.1 Å². The van der Waals surface area contributed by atoms with Crippen LogP contribution in [0.1, 0.15) is 19.4 Å². The van der Waals surface area contributed by atoms with Gasteiger partial charge in [-0.25, -0.2) is 4.98 Å². The van der Waals surface area contributed by atoms with Gasteiger partial charge in [-0.15, -0.1) is 0 Å². The molecule has 2 aromatic rings. The number of fused-ring (bicyclic) bond motifs is 1. The minimum absolute atomic E-state index is 0.600. The third-order valence-corrected chi connectivity index (χ3v) is 3.46. The summed E-state index contributed by atoms with van der Waals surface area (Å²) in [6, 6.07) is 12.0. The van der Waals surface area contributed by atoms with Crippen molar-refractivity contribution in [3.8, 4) is 6.07 Å². The van der Waals surface area contributed by atoms with Crippen molar-refractivity contribution in [1.82, 2.24) is 9.88 Å². The van der Waals surface area contributed by atoms with Crippen molar-refractivity contribution in [3.63, 3.8) is 0 Å². The molecule has 0 atom stereocenters. The van der Waals surface area contributed by atoms with Gasteiger partial charge in [-0.05, 0) is 25.2 Å². The van der Waals surface area contributed by atoms with E-state index in [1.54, 1.807) is 0 Å². The zero-order chi connectivity index (χ0) is 14.4. The Balaban J connectivity index is 2.14. The van der Waals surface area contributed by atoms with Crippen molar-refractivity contribution in [1.29, 1.82) is 5.26 Å². The van der Waals surface area contributed by atoms with Gasteiger partial charge >= 0.3 is 0 Å². The third-order valence-electron chi connectivity index (χ3n) is 3.46. The summed E-state index contributed by atoms with van der Waals surface area (Å²) in [4.78, 5) is 6.88. The second-order valence-corrected chi connectivity index (χ2v) is 4.64. The van der Waals surface area contributed by atoms with Crippen molar-refractivity contribution in [3.05, 3.63) is 35.9 Å². The molecule has 1 heterocycles. The Labute approximate surface area is 120 Å². The fraction of sp³-hybridized carbons (Fsp3) is 0.375. The van der Waals surface area contributed by atoms with Crippen LogP contribution in [0, 0.1) is 11.3 Å². The average Bonchev–Trinajstić information content (AvgIpc) is 2.50. The van der Waals surface area contributed by atoms with Gasteiger partial charge < -0.3 is 10.2 Å². The summed E-state index contributed by atoms with van der Waals surface area (Å²) in [7, 11) is 0. The van der Waals surface area contributed by atoms with E-state index in [9.17, 15) is 5.26 Å². The number of nitriles is 1. The minimum atomic E-state index is 0.600. The van der Waals surface area contributed by atoms with Crippen LogP contribution in [0.4, 0.5) is 5.82 Å². The lowest BCUT2D eigenvalue weighted by Crippen LogP contribution is -2.28. The summed E-state index contributed by atoms with van der Waals surface area (Å²) in [5.74, 6) is 0.679. The Kier molecular flexibility index (Phi) is 4.91. The maximum atomic E-state index is 9.24. The Bertz CT molecular complexity index is 611. The summed E-state index contributed by atoms with van der Waals surface area (Å²) >= 11 is 0. The Morgan fingerprint density at radius 3 is 2.70 bits per heavy atom. The molecule has 1 aromatic carbocycles. The molecule has 0 fully saturated rings. The molecule has 0 aliphatic carbocycles. The van der Waals surface area contributed by atoms with Crippen molar-refractivity contribution in [2.45, 2.75) is 13.8 Å². The van der Waals surface area contributed by atoms with Crippen LogP contribution in [-0.2, 0) is 0 Å². The topological polar surface area (TPSA) is 52.0 Å². The van der Waals surface area contributed by atoms with Gasteiger partial charge in [0.25, 0.3) is 0 Å². The van der Waals surface area contributed by atoms with Gasteiger partial charge in [-0.1, -0.05) is 32.0 Å². The zero-order valence-electron chi connectivity index (χ0n) is 12.1. The Hall–Kier alpha value is -2.12. The van der Waals surface area contributed by atoms with E-state index in [4.69, 9.17) is 0 Å². The molecule has 1 N–H and O–H groups in total. The molecule has 0 saturated carbocycles. The number of pyridine rings is 1. The second kappa shape index (κ2) is 6.88. The monoisotopic (exact) mass is 268 g/mol. The quantitative estimate of drug-likeness (QED) is 0.875. The summed E-state index contributed by atoms with van der Waals surface area (Å²) < 4.78 is 0. The van der Waals surface area contributed by atoms with E-state index in [0.29, 0.717) is 11.4 Å². The second-order valence-electron chi connectivity index (χ2n) is 4.64. The molecule has 4 nitrogen and oxygen atoms in total. The van der Waals surface area contributed by atoms with Crippen molar-refractivity contribution in [2.24, 2.45) is 0 Å². The molecular weight excluding hydrogens is 248 g/mol. The van der Waals surface area contributed by atoms with E-state index in [-0.39, 0.29) is 0 Å². The highest BCUT2D eigenvalue weighted by atomic mass is 15.1. The first kappa shape index (κ1) is 14.3. The number of aromatic nitrogens is 1. The van der Waals surface area contributed by atoms with Crippen LogP contribution in [-0.4, -0.2) is 36.1 Å². The van der Waals surface area contributed by atoms with Crippen LogP contribution in [0.25, 0.3) is 10.9 Å². The molecule has 0 radical (unpaired) electrons. The minimum Gasteiger partial charge on any atom is -0.368 e. The smallest absolute Gasteiger partial charge is 0.144 e. The first-order chi connectivity index (χ1) is 9.78. The molecule has 0 aliphatic heterocycles. The molecule has 0 unspecified atom stereocenters. The number of nitrogens with one attached hydrogen (secondary N) is 1. The molecule has 0 spiro atoms. The van der Waals surface area contributed by atoms with E-state index >= 15 is 0 Å². The average molecular weight is 268 g/mol. The molecule has 0 bridgehead atoms. The van der Waals surface area contributed by atoms with Crippen LogP contribution in [0.5, 0.6) is 0 Å². The van der Waals surface area contributed by atoms with Gasteiger partial charge in [0.1, 0.15) is 11.9 Å². The molecular formula is C16H20N4. The van der Waals surface area contributed by atoms with Crippen molar-refractivity contribution in [2.75, 3.05) is 31.5 Å². The SMILES string of the molecule is CCN(CC)CCNc1nc2ccccc2cc1C#N. The van der Waals surface area contributed by atoms with E-state index in [2.05, 4.69) is 35.1 Å². The predicted molar refractivity (Wildman–Crippen MR) is 82.7 cm³/mol. The normalized spacial score (nSPS) is 10.7. The number of benzene rings is 1. The number of anilines is 1. The summed E-state index contributed by atoms with van der Waals surface area (Å²) in [5, 5.41) is 13.5. The molecule has 1 aromatic heterocycles. The molecule has 104 valence electrons. The van der Waals surface area contributed by atoms with Gasteiger partial charge in [0, 0.05) is 18.5 Å². The number of hydrogen-bond donors (Lipinski definition) is 1. The Morgan fingerprint density at radius 1 is 1.25 bits per heavy atom. The van der Waals surface area contributed by atoms with Crippen LogP contribution >= 0.6 is 0 Å². The van der Waals surface area contributed by atoms with Crippen molar-refractivity contribution >= 4 is 16.7 Å². The van der Waals surface area contributed by atoms with E-state index in [0.717, 1.165) is 37.1 Å². The highest BCUT2D eigenvalue weighted by Crippen LogP contribution is 2.19. The van der Waals surface area contributed by atoms with Crippen LogP contribution in [0.15, 0.2) is 30.3 Å². The molecule has 20 heavy (non-hydrogen) atoms. The summed E-state index contributed by atoms with van der Waals surface area (Å²) in [5.41, 5.74) is 1.51. The lowest BCUT2D eigenvalue weighted by atomic mass is 10.1. The number of hydrogen-bond acceptors (Lipinski definition) is 4. The summed E-state index contributed by atoms with van der Waals surface area (Å²) in [6.07, 6.45) is 0. The molecule has 4 heteroatoms. The van der Waals surface area contributed by atoms with E-state index in [1.165, 1.54) is 0 Å². The zero-order valence-corrected chi connectivity index (χ0v) is 12.1. The van der Waals surface area contributed by atoms with Gasteiger partial charge in [-0.3, -0.25) is 0 Å². The number of para-hydroxylation sites is 1. The van der Waals surface area contributed by atoms with Gasteiger partial charge in [-0.2, -0.15) is 5.26 Å². The lowest BCUT2D eigenvalue weighted by Gasteiger charge is -2.18. The maximum Gasteiger partial charge on any atom is 0.144 e. The molecule has 0 amide bonds. The molecule has 0 aliphatic rings.